The minimum Gasteiger partial charge on any atom is -0.444 e. The SMILES string of the molecule is CC(C)(C)OC(=O)NCCOCCOCCNc1nc(NCCc2ccccc2)nc(-c2ccc(C(C)(C)C)cc2)n1. The molecule has 0 saturated carbocycles. The van der Waals surface area contributed by atoms with Crippen molar-refractivity contribution in [2.45, 2.75) is 59.0 Å². The summed E-state index contributed by atoms with van der Waals surface area (Å²) in [5.74, 6) is 1.60. The molecule has 0 unspecified atom stereocenters. The van der Waals surface area contributed by atoms with Crippen LogP contribution in [0.1, 0.15) is 52.7 Å². The van der Waals surface area contributed by atoms with Gasteiger partial charge in [0.25, 0.3) is 0 Å². The molecule has 1 heterocycles. The molecule has 1 aromatic heterocycles. The molecule has 0 radical (unpaired) electrons. The number of nitrogens with zero attached hydrogens (tertiary/aromatic N) is 3. The highest BCUT2D eigenvalue weighted by atomic mass is 16.6. The number of anilines is 2. The van der Waals surface area contributed by atoms with Crippen molar-refractivity contribution >= 4 is 18.0 Å². The van der Waals surface area contributed by atoms with Gasteiger partial charge in [0.05, 0.1) is 26.4 Å². The quantitative estimate of drug-likeness (QED) is 0.202. The van der Waals surface area contributed by atoms with Crippen LogP contribution < -0.4 is 16.0 Å². The van der Waals surface area contributed by atoms with Gasteiger partial charge in [0.2, 0.25) is 11.9 Å². The number of hydrogen-bond acceptors (Lipinski definition) is 9. The van der Waals surface area contributed by atoms with E-state index in [4.69, 9.17) is 19.2 Å². The minimum absolute atomic E-state index is 0.0660. The molecule has 0 saturated heterocycles. The van der Waals surface area contributed by atoms with Gasteiger partial charge < -0.3 is 30.2 Å². The summed E-state index contributed by atoms with van der Waals surface area (Å²) in [4.78, 5) is 25.6. The fourth-order valence-corrected chi connectivity index (χ4v) is 3.84. The van der Waals surface area contributed by atoms with E-state index in [1.165, 1.54) is 11.1 Å². The molecule has 0 bridgehead atoms. The largest absolute Gasteiger partial charge is 0.444 e. The van der Waals surface area contributed by atoms with Crippen LogP contribution in [0.4, 0.5) is 16.7 Å². The number of alkyl carbamates (subject to hydrolysis) is 1. The van der Waals surface area contributed by atoms with Crippen molar-refractivity contribution in [1.29, 1.82) is 0 Å². The predicted octanol–water partition coefficient (Wildman–Crippen LogP) is 5.46. The maximum atomic E-state index is 11.6. The molecule has 3 N–H and O–H groups in total. The van der Waals surface area contributed by atoms with Crippen molar-refractivity contribution in [1.82, 2.24) is 20.3 Å². The molecule has 0 spiro atoms. The molecule has 0 fully saturated rings. The third-order valence-corrected chi connectivity index (χ3v) is 6.00. The third-order valence-electron chi connectivity index (χ3n) is 6.00. The van der Waals surface area contributed by atoms with Crippen LogP contribution in [0.15, 0.2) is 54.6 Å². The molecule has 228 valence electrons. The van der Waals surface area contributed by atoms with Gasteiger partial charge >= 0.3 is 6.09 Å². The van der Waals surface area contributed by atoms with E-state index in [2.05, 4.69) is 83.1 Å². The monoisotopic (exact) mass is 578 g/mol. The highest BCUT2D eigenvalue weighted by Crippen LogP contribution is 2.25. The third kappa shape index (κ3) is 12.4. The number of amides is 1. The van der Waals surface area contributed by atoms with E-state index in [9.17, 15) is 4.79 Å². The fraction of sp³-hybridized carbons (Fsp3) is 0.500. The summed E-state index contributed by atoms with van der Waals surface area (Å²) in [5, 5.41) is 9.26. The van der Waals surface area contributed by atoms with Gasteiger partial charge in [-0.15, -0.1) is 0 Å². The summed E-state index contributed by atoms with van der Waals surface area (Å²) in [7, 11) is 0. The van der Waals surface area contributed by atoms with Crippen LogP contribution in [0.2, 0.25) is 0 Å². The topological polar surface area (TPSA) is 120 Å². The number of hydrogen-bond donors (Lipinski definition) is 3. The first-order chi connectivity index (χ1) is 20.0. The molecule has 3 rings (SSSR count). The average molecular weight is 579 g/mol. The van der Waals surface area contributed by atoms with E-state index < -0.39 is 11.7 Å². The molecule has 1 amide bonds. The zero-order chi connectivity index (χ0) is 30.4. The Morgan fingerprint density at radius 3 is 1.90 bits per heavy atom. The summed E-state index contributed by atoms with van der Waals surface area (Å²) in [6.45, 7) is 15.3. The van der Waals surface area contributed by atoms with Gasteiger partial charge in [0.15, 0.2) is 5.82 Å². The second-order valence-electron chi connectivity index (χ2n) is 11.9. The van der Waals surface area contributed by atoms with Gasteiger partial charge in [-0.05, 0) is 43.7 Å². The van der Waals surface area contributed by atoms with Crippen molar-refractivity contribution in [2.75, 3.05) is 56.7 Å². The second-order valence-corrected chi connectivity index (χ2v) is 11.9. The standard InChI is InChI=1S/C32H46N6O4/c1-31(2,3)26-14-12-25(13-15-26)27-36-28(33-17-16-24-10-8-7-9-11-24)38-29(37-27)34-18-20-40-22-23-41-21-19-35-30(39)42-32(4,5)6/h7-15H,16-23H2,1-6H3,(H,35,39)(H2,33,34,36,37,38). The van der Waals surface area contributed by atoms with Gasteiger partial charge in [-0.1, -0.05) is 75.4 Å². The summed E-state index contributed by atoms with van der Waals surface area (Å²) < 4.78 is 16.4. The lowest BCUT2D eigenvalue weighted by atomic mass is 9.87. The Labute approximate surface area is 250 Å². The van der Waals surface area contributed by atoms with Crippen molar-refractivity contribution < 1.29 is 19.0 Å². The predicted molar refractivity (Wildman–Crippen MR) is 167 cm³/mol. The Balaban J connectivity index is 1.47. The van der Waals surface area contributed by atoms with Crippen LogP contribution in [0.5, 0.6) is 0 Å². The number of ether oxygens (including phenoxy) is 3. The summed E-state index contributed by atoms with van der Waals surface area (Å²) in [6, 6.07) is 18.7. The molecule has 42 heavy (non-hydrogen) atoms. The van der Waals surface area contributed by atoms with E-state index >= 15 is 0 Å². The smallest absolute Gasteiger partial charge is 0.407 e. The Kier molecular flexibility index (Phi) is 12.5. The van der Waals surface area contributed by atoms with Crippen LogP contribution in [0.25, 0.3) is 11.4 Å². The summed E-state index contributed by atoms with van der Waals surface area (Å²) in [5.41, 5.74) is 2.97. The fourth-order valence-electron chi connectivity index (χ4n) is 3.84. The lowest BCUT2D eigenvalue weighted by molar-refractivity contribution is 0.0415. The number of aromatic nitrogens is 3. The van der Waals surface area contributed by atoms with Crippen LogP contribution in [-0.4, -0.2) is 72.7 Å². The lowest BCUT2D eigenvalue weighted by Crippen LogP contribution is -2.34. The van der Waals surface area contributed by atoms with Crippen LogP contribution in [-0.2, 0) is 26.0 Å². The highest BCUT2D eigenvalue weighted by molar-refractivity contribution is 5.67. The Morgan fingerprint density at radius 1 is 0.714 bits per heavy atom. The number of rotatable bonds is 15. The number of benzene rings is 2. The Morgan fingerprint density at radius 2 is 1.31 bits per heavy atom. The van der Waals surface area contributed by atoms with Gasteiger partial charge in [-0.2, -0.15) is 15.0 Å². The first kappa shape index (κ1) is 32.8. The van der Waals surface area contributed by atoms with Gasteiger partial charge in [-0.25, -0.2) is 4.79 Å². The van der Waals surface area contributed by atoms with E-state index in [0.717, 1.165) is 12.0 Å². The number of nitrogens with one attached hydrogen (secondary N) is 3. The molecule has 3 aromatic rings. The molecule has 10 nitrogen and oxygen atoms in total. The Bertz CT molecular complexity index is 1220. The molecular formula is C32H46N6O4. The first-order valence-electron chi connectivity index (χ1n) is 14.5. The second kappa shape index (κ2) is 16.0. The van der Waals surface area contributed by atoms with Crippen LogP contribution in [0.3, 0.4) is 0 Å². The molecular weight excluding hydrogens is 532 g/mol. The van der Waals surface area contributed by atoms with E-state index in [1.54, 1.807) is 0 Å². The zero-order valence-corrected chi connectivity index (χ0v) is 25.8. The maximum Gasteiger partial charge on any atom is 0.407 e. The van der Waals surface area contributed by atoms with E-state index in [-0.39, 0.29) is 5.41 Å². The van der Waals surface area contributed by atoms with Crippen LogP contribution in [0, 0.1) is 0 Å². The van der Waals surface area contributed by atoms with E-state index in [1.807, 2.05) is 39.0 Å². The summed E-state index contributed by atoms with van der Waals surface area (Å²) in [6.07, 6.45) is 0.407. The highest BCUT2D eigenvalue weighted by Gasteiger charge is 2.16. The van der Waals surface area contributed by atoms with E-state index in [0.29, 0.717) is 63.8 Å². The maximum absolute atomic E-state index is 11.6. The lowest BCUT2D eigenvalue weighted by Gasteiger charge is -2.19. The molecule has 0 aliphatic carbocycles. The minimum atomic E-state index is -0.520. The van der Waals surface area contributed by atoms with Gasteiger partial charge in [-0.3, -0.25) is 0 Å². The normalized spacial score (nSPS) is 11.7. The van der Waals surface area contributed by atoms with Crippen molar-refractivity contribution in [2.24, 2.45) is 0 Å². The van der Waals surface area contributed by atoms with Crippen molar-refractivity contribution in [3.8, 4) is 11.4 Å². The van der Waals surface area contributed by atoms with Gasteiger partial charge in [0, 0.05) is 25.2 Å². The molecule has 0 aliphatic rings. The Hall–Kier alpha value is -3.76. The molecule has 0 atom stereocenters. The molecule has 0 aliphatic heterocycles. The number of carbonyl (C=O) groups excluding carboxylic acids is 1. The first-order valence-corrected chi connectivity index (χ1v) is 14.5. The summed E-state index contributed by atoms with van der Waals surface area (Å²) >= 11 is 0. The van der Waals surface area contributed by atoms with Crippen molar-refractivity contribution in [3.63, 3.8) is 0 Å². The van der Waals surface area contributed by atoms with Gasteiger partial charge in [0.1, 0.15) is 5.60 Å². The molecule has 2 aromatic carbocycles. The zero-order valence-electron chi connectivity index (χ0n) is 25.8. The van der Waals surface area contributed by atoms with Crippen LogP contribution >= 0.6 is 0 Å². The molecule has 10 heteroatoms. The average Bonchev–Trinajstić information content (AvgIpc) is 2.93. The number of carbonyl (C=O) groups is 1. The van der Waals surface area contributed by atoms with Crippen molar-refractivity contribution in [3.05, 3.63) is 65.7 Å².